The smallest absolute Gasteiger partial charge is 1.00 e. The number of hydrogen-bond acceptors (Lipinski definition) is 1. The molecule has 0 saturated heterocycles. The van der Waals surface area contributed by atoms with Gasteiger partial charge in [-0.2, -0.15) is 0 Å². The van der Waals surface area contributed by atoms with E-state index in [4.69, 9.17) is 12.2 Å². The number of fused-ring (bicyclic) bond motifs is 2. The zero-order valence-corrected chi connectivity index (χ0v) is 17.5. The largest absolute Gasteiger partial charge is 2.00 e. The molecule has 0 fully saturated rings. The van der Waals surface area contributed by atoms with Crippen LogP contribution in [0.2, 0.25) is 0 Å². The molecule has 0 aliphatic heterocycles. The molecule has 0 atom stereocenters. The van der Waals surface area contributed by atoms with Gasteiger partial charge in [0, 0.05) is 10.8 Å². The van der Waals surface area contributed by atoms with E-state index in [0.29, 0.717) is 4.32 Å². The predicted octanol–water partition coefficient (Wildman–Crippen LogP) is 6.19. The van der Waals surface area contributed by atoms with Crippen LogP contribution < -0.4 is 4.90 Å². The van der Waals surface area contributed by atoms with E-state index < -0.39 is 0 Å². The van der Waals surface area contributed by atoms with E-state index >= 15 is 0 Å². The molecule has 0 saturated carbocycles. The topological polar surface area (TPSA) is 3.24 Å². The van der Waals surface area contributed by atoms with E-state index in [1.165, 1.54) is 10.8 Å². The summed E-state index contributed by atoms with van der Waals surface area (Å²) in [7, 11) is 0. The van der Waals surface area contributed by atoms with E-state index in [1.807, 2.05) is 17.0 Å². The first kappa shape index (κ1) is 18.7. The zero-order chi connectivity index (χ0) is 16.5. The molecule has 4 rings (SSSR count). The van der Waals surface area contributed by atoms with E-state index in [1.54, 1.807) is 0 Å². The molecule has 0 amide bonds. The van der Waals surface area contributed by atoms with Crippen molar-refractivity contribution in [2.75, 3.05) is 4.90 Å². The fourth-order valence-electron chi connectivity index (χ4n) is 3.14. The molecule has 0 aliphatic carbocycles. The summed E-state index contributed by atoms with van der Waals surface area (Å²) in [5.41, 5.74) is 2.09. The molecule has 0 bridgehead atoms. The molecular formula is C21H17CaNS2. The van der Waals surface area contributed by atoms with Crippen LogP contribution in [0.15, 0.2) is 84.9 Å². The molecule has 0 heterocycles. The average molecular weight is 388 g/mol. The summed E-state index contributed by atoms with van der Waals surface area (Å²) >= 11 is 10.0. The van der Waals surface area contributed by atoms with Crippen LogP contribution in [0.25, 0.3) is 21.5 Å². The van der Waals surface area contributed by atoms with Gasteiger partial charge in [0.2, 0.25) is 0 Å². The molecule has 0 radical (unpaired) electrons. The minimum absolute atomic E-state index is 0. The van der Waals surface area contributed by atoms with Gasteiger partial charge in [-0.25, -0.2) is 0 Å². The molecule has 120 valence electrons. The van der Waals surface area contributed by atoms with Gasteiger partial charge in [0.05, 0.1) is 11.4 Å². The molecule has 1 nitrogen and oxygen atoms in total. The monoisotopic (exact) mass is 387 g/mol. The Hall–Kier alpha value is -1.10. The Bertz CT molecular complexity index is 982. The van der Waals surface area contributed by atoms with Crippen molar-refractivity contribution < 1.29 is 2.85 Å². The number of thiol groups is 1. The Kier molecular flexibility index (Phi) is 6.03. The Morgan fingerprint density at radius 1 is 0.680 bits per heavy atom. The van der Waals surface area contributed by atoms with Crippen molar-refractivity contribution in [1.82, 2.24) is 0 Å². The Morgan fingerprint density at radius 2 is 1.08 bits per heavy atom. The third-order valence-electron chi connectivity index (χ3n) is 4.21. The van der Waals surface area contributed by atoms with E-state index in [-0.39, 0.29) is 40.6 Å². The number of thiocarbonyl (C=S) groups is 1. The van der Waals surface area contributed by atoms with Crippen LogP contribution >= 0.6 is 24.8 Å². The quantitative estimate of drug-likeness (QED) is 0.248. The molecule has 0 N–H and O–H groups in total. The summed E-state index contributed by atoms with van der Waals surface area (Å²) in [6, 6.07) is 29.2. The number of hydrogen-bond donors (Lipinski definition) is 1. The molecule has 4 aromatic carbocycles. The van der Waals surface area contributed by atoms with Gasteiger partial charge < -0.3 is 2.85 Å². The van der Waals surface area contributed by atoms with Crippen LogP contribution in [0, 0.1) is 0 Å². The summed E-state index contributed by atoms with van der Waals surface area (Å²) in [5, 5.41) is 4.68. The van der Waals surface area contributed by atoms with Crippen molar-refractivity contribution in [2.45, 2.75) is 0 Å². The summed E-state index contributed by atoms with van der Waals surface area (Å²) in [5.74, 6) is 0. The van der Waals surface area contributed by atoms with Gasteiger partial charge in [0.25, 0.3) is 0 Å². The second-order valence-corrected chi connectivity index (χ2v) is 6.73. The molecule has 4 heteroatoms. The maximum absolute atomic E-state index is 5.50. The van der Waals surface area contributed by atoms with Gasteiger partial charge in [0.1, 0.15) is 4.32 Å². The molecule has 0 aromatic heterocycles. The molecule has 0 aliphatic rings. The number of anilines is 2. The fraction of sp³-hybridized carbons (Fsp3) is 0. The normalized spacial score (nSPS) is 10.4. The van der Waals surface area contributed by atoms with Crippen molar-refractivity contribution >= 4 is 99.8 Å². The summed E-state index contributed by atoms with van der Waals surface area (Å²) in [4.78, 5) is 2.04. The minimum atomic E-state index is 0. The number of benzene rings is 4. The van der Waals surface area contributed by atoms with Crippen LogP contribution in [0.3, 0.4) is 0 Å². The summed E-state index contributed by atoms with van der Waals surface area (Å²) in [6.07, 6.45) is 0. The Balaban J connectivity index is 0.00000121. The van der Waals surface area contributed by atoms with Crippen molar-refractivity contribution in [1.29, 1.82) is 0 Å². The molecule has 4 aromatic rings. The second-order valence-electron chi connectivity index (χ2n) is 5.61. The van der Waals surface area contributed by atoms with Crippen molar-refractivity contribution in [2.24, 2.45) is 0 Å². The van der Waals surface area contributed by atoms with E-state index in [9.17, 15) is 0 Å². The fourth-order valence-corrected chi connectivity index (χ4v) is 3.55. The maximum atomic E-state index is 5.50. The minimum Gasteiger partial charge on any atom is -1.00 e. The van der Waals surface area contributed by atoms with Gasteiger partial charge in [0.15, 0.2) is 0 Å². The Labute approximate surface area is 191 Å². The Morgan fingerprint density at radius 3 is 1.52 bits per heavy atom. The summed E-state index contributed by atoms with van der Waals surface area (Å²) < 4.78 is 0.530. The number of nitrogens with zero attached hydrogens (tertiary/aromatic N) is 1. The standard InChI is InChI=1S/C21H15NS2.Ca.2H/c23-21(24)22(19-13-5-9-15-7-1-3-11-17(15)19)20-14-6-10-16-8-2-4-12-18(16)20;;;/h1-14H,(H,23,24);;;/q;+2;2*-1. The first-order valence-electron chi connectivity index (χ1n) is 7.74. The second kappa shape index (κ2) is 8.07. The molecular weight excluding hydrogens is 370 g/mol. The van der Waals surface area contributed by atoms with Crippen molar-refractivity contribution in [3.63, 3.8) is 0 Å². The summed E-state index contributed by atoms with van der Waals surface area (Å²) in [6.45, 7) is 0. The third kappa shape index (κ3) is 3.57. The first-order valence-corrected chi connectivity index (χ1v) is 8.60. The van der Waals surface area contributed by atoms with E-state index in [2.05, 4.69) is 85.4 Å². The zero-order valence-electron chi connectivity index (χ0n) is 15.6. The predicted molar refractivity (Wildman–Crippen MR) is 120 cm³/mol. The van der Waals surface area contributed by atoms with Crippen LogP contribution in [-0.4, -0.2) is 42.1 Å². The van der Waals surface area contributed by atoms with E-state index in [0.717, 1.165) is 22.1 Å². The van der Waals surface area contributed by atoms with Gasteiger partial charge >= 0.3 is 37.7 Å². The van der Waals surface area contributed by atoms with Crippen LogP contribution in [0.1, 0.15) is 2.85 Å². The van der Waals surface area contributed by atoms with Crippen LogP contribution in [0.4, 0.5) is 11.4 Å². The SMILES string of the molecule is S=C(S)N(c1cccc2ccccc12)c1cccc2ccccc12.[Ca+2].[H-].[H-]. The van der Waals surface area contributed by atoms with Crippen molar-refractivity contribution in [3.05, 3.63) is 84.9 Å². The van der Waals surface area contributed by atoms with Gasteiger partial charge in [-0.05, 0) is 22.9 Å². The van der Waals surface area contributed by atoms with Gasteiger partial charge in [-0.1, -0.05) is 85.0 Å². The van der Waals surface area contributed by atoms with Gasteiger partial charge in [-0.3, -0.25) is 4.90 Å². The first-order chi connectivity index (χ1) is 11.8. The molecule has 25 heavy (non-hydrogen) atoms. The number of rotatable bonds is 2. The van der Waals surface area contributed by atoms with Crippen molar-refractivity contribution in [3.8, 4) is 0 Å². The van der Waals surface area contributed by atoms with Crippen LogP contribution in [0.5, 0.6) is 0 Å². The third-order valence-corrected chi connectivity index (χ3v) is 4.59. The average Bonchev–Trinajstić information content (AvgIpc) is 2.62. The molecule has 0 unspecified atom stereocenters. The van der Waals surface area contributed by atoms with Gasteiger partial charge in [-0.15, -0.1) is 12.6 Å². The van der Waals surface area contributed by atoms with Crippen LogP contribution in [-0.2, 0) is 0 Å². The maximum Gasteiger partial charge on any atom is 2.00 e. The molecule has 0 spiro atoms.